The number of rotatable bonds is 3. The Morgan fingerprint density at radius 1 is 1.75 bits per heavy atom. The second kappa shape index (κ2) is 4.78. The molecule has 0 radical (unpaired) electrons. The number of hydrogen-bond donors (Lipinski definition) is 2. The maximum atomic E-state index is 10.9. The van der Waals surface area contributed by atoms with Gasteiger partial charge < -0.3 is 10.6 Å². The third kappa shape index (κ3) is 2.93. The summed E-state index contributed by atoms with van der Waals surface area (Å²) < 4.78 is 0. The van der Waals surface area contributed by atoms with E-state index >= 15 is 0 Å². The van der Waals surface area contributed by atoms with Gasteiger partial charge in [0.15, 0.2) is 0 Å². The third-order valence-electron chi connectivity index (χ3n) is 1.97. The second-order valence-electron chi connectivity index (χ2n) is 2.98. The molecule has 1 rings (SSSR count). The normalized spacial score (nSPS) is 21.8. The van der Waals surface area contributed by atoms with Crippen molar-refractivity contribution >= 4 is 5.91 Å². The molecule has 0 aromatic carbocycles. The molecule has 1 aliphatic rings. The van der Waals surface area contributed by atoms with Crippen LogP contribution in [0.4, 0.5) is 0 Å². The highest BCUT2D eigenvalue weighted by Crippen LogP contribution is 2.02. The van der Waals surface area contributed by atoms with Gasteiger partial charge in [0.25, 0.3) is 0 Å². The maximum Gasteiger partial charge on any atom is 0.232 e. The summed E-state index contributed by atoms with van der Waals surface area (Å²) in [7, 11) is 0. The third-order valence-corrected chi connectivity index (χ3v) is 1.97. The van der Waals surface area contributed by atoms with Crippen LogP contribution in [0.2, 0.25) is 0 Å². The quantitative estimate of drug-likeness (QED) is 0.574. The zero-order valence-corrected chi connectivity index (χ0v) is 7.10. The summed E-state index contributed by atoms with van der Waals surface area (Å²) in [6, 6.07) is 0.451. The Morgan fingerprint density at radius 2 is 2.58 bits per heavy atom. The van der Waals surface area contributed by atoms with Gasteiger partial charge in [-0.1, -0.05) is 5.92 Å². The number of carbonyl (C=O) groups is 1. The first-order valence-corrected chi connectivity index (χ1v) is 4.26. The summed E-state index contributed by atoms with van der Waals surface area (Å²) in [5.41, 5.74) is 0. The van der Waals surface area contributed by atoms with Crippen molar-refractivity contribution in [1.82, 2.24) is 10.6 Å². The van der Waals surface area contributed by atoms with Crippen molar-refractivity contribution < 1.29 is 4.79 Å². The van der Waals surface area contributed by atoms with E-state index in [2.05, 4.69) is 16.6 Å². The molecule has 1 amide bonds. The lowest BCUT2D eigenvalue weighted by molar-refractivity contribution is -0.120. The lowest BCUT2D eigenvalue weighted by Crippen LogP contribution is -2.36. The van der Waals surface area contributed by atoms with Gasteiger partial charge in [0.2, 0.25) is 5.91 Å². The molecule has 0 aliphatic carbocycles. The summed E-state index contributed by atoms with van der Waals surface area (Å²) in [6.45, 7) is 1.77. The number of amides is 1. The van der Waals surface area contributed by atoms with Gasteiger partial charge in [-0.25, -0.2) is 0 Å². The first kappa shape index (κ1) is 9.08. The van der Waals surface area contributed by atoms with E-state index in [0.29, 0.717) is 12.6 Å². The fourth-order valence-electron chi connectivity index (χ4n) is 1.32. The van der Waals surface area contributed by atoms with E-state index in [9.17, 15) is 4.79 Å². The molecule has 1 fully saturated rings. The number of carbonyl (C=O) groups excluding carboxylic acids is 1. The summed E-state index contributed by atoms with van der Waals surface area (Å²) >= 11 is 0. The lowest BCUT2D eigenvalue weighted by atomic mass is 10.2. The molecule has 0 bridgehead atoms. The smallest absolute Gasteiger partial charge is 0.232 e. The highest BCUT2D eigenvalue weighted by atomic mass is 16.1. The van der Waals surface area contributed by atoms with Crippen LogP contribution in [0.15, 0.2) is 0 Å². The molecule has 1 aliphatic heterocycles. The van der Waals surface area contributed by atoms with Gasteiger partial charge in [0.1, 0.15) is 0 Å². The van der Waals surface area contributed by atoms with Crippen molar-refractivity contribution in [3.05, 3.63) is 0 Å². The van der Waals surface area contributed by atoms with Crippen LogP contribution < -0.4 is 10.6 Å². The van der Waals surface area contributed by atoms with Crippen LogP contribution in [0.1, 0.15) is 19.3 Å². The largest absolute Gasteiger partial charge is 0.354 e. The predicted octanol–water partition coefficient (Wildman–Crippen LogP) is -0.122. The minimum absolute atomic E-state index is 0.0498. The van der Waals surface area contributed by atoms with Gasteiger partial charge in [0, 0.05) is 12.6 Å². The monoisotopic (exact) mass is 166 g/mol. The SMILES string of the molecule is C#CCC(=O)NCC1CCCN1. The molecule has 1 heterocycles. The Balaban J connectivity index is 2.08. The molecule has 1 atom stereocenters. The molecule has 1 saturated heterocycles. The average molecular weight is 166 g/mol. The van der Waals surface area contributed by atoms with Crippen LogP contribution in [0, 0.1) is 12.3 Å². The van der Waals surface area contributed by atoms with Crippen molar-refractivity contribution in [2.24, 2.45) is 0 Å². The molecule has 12 heavy (non-hydrogen) atoms. The van der Waals surface area contributed by atoms with Gasteiger partial charge in [0.05, 0.1) is 6.42 Å². The van der Waals surface area contributed by atoms with E-state index in [4.69, 9.17) is 6.42 Å². The van der Waals surface area contributed by atoms with Gasteiger partial charge in [-0.05, 0) is 19.4 Å². The highest BCUT2D eigenvalue weighted by molar-refractivity contribution is 5.78. The topological polar surface area (TPSA) is 41.1 Å². The fourth-order valence-corrected chi connectivity index (χ4v) is 1.32. The van der Waals surface area contributed by atoms with Crippen LogP contribution in [-0.4, -0.2) is 25.0 Å². The van der Waals surface area contributed by atoms with E-state index in [-0.39, 0.29) is 12.3 Å². The van der Waals surface area contributed by atoms with Gasteiger partial charge in [-0.2, -0.15) is 0 Å². The van der Waals surface area contributed by atoms with E-state index < -0.39 is 0 Å². The number of nitrogens with one attached hydrogen (secondary N) is 2. The van der Waals surface area contributed by atoms with Crippen molar-refractivity contribution in [3.63, 3.8) is 0 Å². The van der Waals surface area contributed by atoms with Crippen LogP contribution in [-0.2, 0) is 4.79 Å². The fraction of sp³-hybridized carbons (Fsp3) is 0.667. The minimum atomic E-state index is -0.0498. The van der Waals surface area contributed by atoms with E-state index in [0.717, 1.165) is 13.0 Å². The van der Waals surface area contributed by atoms with E-state index in [1.54, 1.807) is 0 Å². The van der Waals surface area contributed by atoms with Crippen molar-refractivity contribution in [3.8, 4) is 12.3 Å². The first-order valence-electron chi connectivity index (χ1n) is 4.26. The standard InChI is InChI=1S/C9H14N2O/c1-2-4-9(12)11-7-8-5-3-6-10-8/h1,8,10H,3-7H2,(H,11,12). The zero-order chi connectivity index (χ0) is 8.81. The Morgan fingerprint density at radius 3 is 3.17 bits per heavy atom. The van der Waals surface area contributed by atoms with Crippen molar-refractivity contribution in [2.75, 3.05) is 13.1 Å². The summed E-state index contributed by atoms with van der Waals surface area (Å²) in [5, 5.41) is 6.07. The number of hydrogen-bond acceptors (Lipinski definition) is 2. The van der Waals surface area contributed by atoms with Gasteiger partial charge >= 0.3 is 0 Å². The molecule has 3 nitrogen and oxygen atoms in total. The van der Waals surface area contributed by atoms with Crippen LogP contribution in [0.25, 0.3) is 0 Å². The molecular weight excluding hydrogens is 152 g/mol. The molecule has 0 aromatic rings. The van der Waals surface area contributed by atoms with Crippen LogP contribution >= 0.6 is 0 Å². The molecule has 1 unspecified atom stereocenters. The molecule has 0 spiro atoms. The van der Waals surface area contributed by atoms with E-state index in [1.807, 2.05) is 0 Å². The highest BCUT2D eigenvalue weighted by Gasteiger charge is 2.13. The molecule has 3 heteroatoms. The van der Waals surface area contributed by atoms with Crippen LogP contribution in [0.3, 0.4) is 0 Å². The average Bonchev–Trinajstić information content (AvgIpc) is 2.53. The zero-order valence-electron chi connectivity index (χ0n) is 7.10. The summed E-state index contributed by atoms with van der Waals surface area (Å²) in [4.78, 5) is 10.9. The van der Waals surface area contributed by atoms with E-state index in [1.165, 1.54) is 6.42 Å². The van der Waals surface area contributed by atoms with Gasteiger partial charge in [-0.15, -0.1) is 6.42 Å². The van der Waals surface area contributed by atoms with Gasteiger partial charge in [-0.3, -0.25) is 4.79 Å². The molecule has 2 N–H and O–H groups in total. The van der Waals surface area contributed by atoms with Crippen molar-refractivity contribution in [1.29, 1.82) is 0 Å². The Labute approximate surface area is 72.9 Å². The lowest BCUT2D eigenvalue weighted by Gasteiger charge is -2.09. The van der Waals surface area contributed by atoms with Crippen LogP contribution in [0.5, 0.6) is 0 Å². The Bertz CT molecular complexity index is 189. The number of terminal acetylenes is 1. The second-order valence-corrected chi connectivity index (χ2v) is 2.98. The molecular formula is C9H14N2O. The molecule has 0 saturated carbocycles. The minimum Gasteiger partial charge on any atom is -0.354 e. The van der Waals surface area contributed by atoms with Crippen molar-refractivity contribution in [2.45, 2.75) is 25.3 Å². The summed E-state index contributed by atoms with van der Waals surface area (Å²) in [5.74, 6) is 2.26. The Kier molecular flexibility index (Phi) is 3.62. The maximum absolute atomic E-state index is 10.9. The Hall–Kier alpha value is -1.01. The summed E-state index contributed by atoms with van der Waals surface area (Å²) in [6.07, 6.45) is 7.53. The first-order chi connectivity index (χ1) is 5.83. The molecule has 0 aromatic heterocycles. The predicted molar refractivity (Wildman–Crippen MR) is 47.5 cm³/mol. The molecule has 66 valence electrons.